The predicted octanol–water partition coefficient (Wildman–Crippen LogP) is 4.86. The van der Waals surface area contributed by atoms with Crippen LogP contribution in [0, 0.1) is 11.8 Å². The van der Waals surface area contributed by atoms with Gasteiger partial charge in [0.1, 0.15) is 10.9 Å². The number of thiophene rings is 1. The van der Waals surface area contributed by atoms with Gasteiger partial charge in [0.25, 0.3) is 0 Å². The molecule has 0 saturated heterocycles. The van der Waals surface area contributed by atoms with Crippen LogP contribution in [0.3, 0.4) is 0 Å². The van der Waals surface area contributed by atoms with Gasteiger partial charge in [-0.05, 0) is 30.7 Å². The maximum atomic E-state index is 11.9. The molecule has 0 aromatic carbocycles. The first-order chi connectivity index (χ1) is 9.08. The van der Waals surface area contributed by atoms with Crippen molar-refractivity contribution >= 4 is 40.3 Å². The van der Waals surface area contributed by atoms with Crippen molar-refractivity contribution < 1.29 is 9.53 Å². The molecular formula is C14H16Cl2O2S. The normalized spacial score (nSPS) is 22.7. The molecule has 0 N–H and O–H groups in total. The summed E-state index contributed by atoms with van der Waals surface area (Å²) in [5, 5.41) is 0. The summed E-state index contributed by atoms with van der Waals surface area (Å²) >= 11 is 13.0. The van der Waals surface area contributed by atoms with Crippen LogP contribution in [0.4, 0.5) is 0 Å². The topological polar surface area (TPSA) is 26.3 Å². The molecule has 1 aromatic heterocycles. The van der Waals surface area contributed by atoms with E-state index in [-0.39, 0.29) is 12.4 Å². The van der Waals surface area contributed by atoms with Gasteiger partial charge in [0.2, 0.25) is 0 Å². The van der Waals surface area contributed by atoms with Gasteiger partial charge in [-0.2, -0.15) is 0 Å². The van der Waals surface area contributed by atoms with Crippen molar-refractivity contribution in [1.82, 2.24) is 0 Å². The summed E-state index contributed by atoms with van der Waals surface area (Å²) in [7, 11) is 0. The van der Waals surface area contributed by atoms with Crippen LogP contribution in [0.1, 0.15) is 30.1 Å². The van der Waals surface area contributed by atoms with Crippen molar-refractivity contribution in [3.63, 3.8) is 0 Å². The number of ketones is 1. The molecule has 1 aromatic rings. The fourth-order valence-corrected chi connectivity index (χ4v) is 3.65. The zero-order chi connectivity index (χ0) is 13.8. The highest BCUT2D eigenvalue weighted by molar-refractivity contribution is 7.20. The minimum absolute atomic E-state index is 0.0692. The largest absolute Gasteiger partial charge is 0.373 e. The molecule has 2 atom stereocenters. The minimum Gasteiger partial charge on any atom is -0.373 e. The standard InChI is InChI=1S/C14H16Cl2O2S/c1-9-4-2-3-5-10(9)7-18-8-12(17)11-6-13(15)19-14(11)16/h2-3,6,9-10H,4-5,7-8H2,1H3. The van der Waals surface area contributed by atoms with Crippen LogP contribution < -0.4 is 0 Å². The molecule has 0 saturated carbocycles. The molecule has 0 fully saturated rings. The third-order valence-corrected chi connectivity index (χ3v) is 4.93. The first-order valence-electron chi connectivity index (χ1n) is 6.28. The zero-order valence-electron chi connectivity index (χ0n) is 10.7. The molecule has 2 nitrogen and oxygen atoms in total. The smallest absolute Gasteiger partial charge is 0.190 e. The Balaban J connectivity index is 1.81. The van der Waals surface area contributed by atoms with Gasteiger partial charge < -0.3 is 4.74 Å². The molecule has 1 aliphatic rings. The number of ether oxygens (including phenoxy) is 1. The summed E-state index contributed by atoms with van der Waals surface area (Å²) in [5.74, 6) is 1.01. The lowest BCUT2D eigenvalue weighted by atomic mass is 9.85. The number of hydrogen-bond acceptors (Lipinski definition) is 3. The summed E-state index contributed by atoms with van der Waals surface area (Å²) in [6.45, 7) is 2.90. The SMILES string of the molecule is CC1CC=CCC1COCC(=O)c1cc(Cl)sc1Cl. The van der Waals surface area contributed by atoms with E-state index >= 15 is 0 Å². The Morgan fingerprint density at radius 1 is 1.42 bits per heavy atom. The van der Waals surface area contributed by atoms with Crippen LogP contribution >= 0.6 is 34.5 Å². The van der Waals surface area contributed by atoms with Crippen molar-refractivity contribution in [1.29, 1.82) is 0 Å². The van der Waals surface area contributed by atoms with Gasteiger partial charge in [-0.3, -0.25) is 4.79 Å². The Morgan fingerprint density at radius 2 is 2.16 bits per heavy atom. The molecule has 0 amide bonds. The Kier molecular flexibility index (Phi) is 5.46. The molecule has 104 valence electrons. The lowest BCUT2D eigenvalue weighted by molar-refractivity contribution is 0.0603. The van der Waals surface area contributed by atoms with Crippen molar-refractivity contribution in [2.75, 3.05) is 13.2 Å². The molecule has 1 heterocycles. The zero-order valence-corrected chi connectivity index (χ0v) is 13.0. The van der Waals surface area contributed by atoms with Crippen molar-refractivity contribution in [3.8, 4) is 0 Å². The van der Waals surface area contributed by atoms with Gasteiger partial charge in [0.05, 0.1) is 16.5 Å². The van der Waals surface area contributed by atoms with Crippen LogP contribution in [-0.4, -0.2) is 19.0 Å². The Morgan fingerprint density at radius 3 is 2.79 bits per heavy atom. The van der Waals surface area contributed by atoms with Gasteiger partial charge in [-0.15, -0.1) is 11.3 Å². The van der Waals surface area contributed by atoms with Crippen LogP contribution in [-0.2, 0) is 4.74 Å². The maximum absolute atomic E-state index is 11.9. The number of Topliss-reactive ketones (excluding diaryl/α,β-unsaturated/α-hetero) is 1. The van der Waals surface area contributed by atoms with E-state index in [1.165, 1.54) is 11.3 Å². The highest BCUT2D eigenvalue weighted by Crippen LogP contribution is 2.31. The summed E-state index contributed by atoms with van der Waals surface area (Å²) in [6.07, 6.45) is 6.51. The Bertz CT molecular complexity index is 482. The second-order valence-corrected chi connectivity index (χ2v) is 7.14. The van der Waals surface area contributed by atoms with E-state index in [1.807, 2.05) is 0 Å². The summed E-state index contributed by atoms with van der Waals surface area (Å²) in [4.78, 5) is 11.9. The van der Waals surface area contributed by atoms with Gasteiger partial charge in [0.15, 0.2) is 5.78 Å². The van der Waals surface area contributed by atoms with Crippen LogP contribution in [0.2, 0.25) is 8.67 Å². The summed E-state index contributed by atoms with van der Waals surface area (Å²) in [6, 6.07) is 1.60. The lowest BCUT2D eigenvalue weighted by Gasteiger charge is -2.24. The maximum Gasteiger partial charge on any atom is 0.190 e. The third kappa shape index (κ3) is 4.06. The van der Waals surface area contributed by atoms with E-state index in [9.17, 15) is 4.79 Å². The van der Waals surface area contributed by atoms with E-state index in [2.05, 4.69) is 19.1 Å². The summed E-state index contributed by atoms with van der Waals surface area (Å²) < 4.78 is 6.51. The first-order valence-corrected chi connectivity index (χ1v) is 7.86. The quantitative estimate of drug-likeness (QED) is 0.572. The molecule has 19 heavy (non-hydrogen) atoms. The fraction of sp³-hybridized carbons (Fsp3) is 0.500. The number of hydrogen-bond donors (Lipinski definition) is 0. The number of rotatable bonds is 5. The van der Waals surface area contributed by atoms with Crippen LogP contribution in [0.25, 0.3) is 0 Å². The minimum atomic E-state index is -0.104. The lowest BCUT2D eigenvalue weighted by Crippen LogP contribution is -2.21. The number of carbonyl (C=O) groups excluding carboxylic acids is 1. The fourth-order valence-electron chi connectivity index (χ4n) is 2.15. The molecule has 0 radical (unpaired) electrons. The second kappa shape index (κ2) is 6.89. The molecule has 0 aliphatic heterocycles. The Labute approximate surface area is 127 Å². The van der Waals surface area contributed by atoms with Crippen LogP contribution in [0.5, 0.6) is 0 Å². The molecule has 1 aliphatic carbocycles. The van der Waals surface area contributed by atoms with E-state index in [4.69, 9.17) is 27.9 Å². The van der Waals surface area contributed by atoms with E-state index in [1.54, 1.807) is 6.07 Å². The Hall–Kier alpha value is -0.350. The average Bonchev–Trinajstić information content (AvgIpc) is 2.71. The highest BCUT2D eigenvalue weighted by Gasteiger charge is 2.20. The molecular weight excluding hydrogens is 303 g/mol. The van der Waals surface area contributed by atoms with Gasteiger partial charge >= 0.3 is 0 Å². The average molecular weight is 319 g/mol. The molecule has 2 unspecified atom stereocenters. The number of allylic oxidation sites excluding steroid dienone is 2. The monoisotopic (exact) mass is 318 g/mol. The number of carbonyl (C=O) groups is 1. The predicted molar refractivity (Wildman–Crippen MR) is 80.5 cm³/mol. The van der Waals surface area contributed by atoms with Gasteiger partial charge in [-0.1, -0.05) is 42.3 Å². The van der Waals surface area contributed by atoms with Crippen LogP contribution in [0.15, 0.2) is 18.2 Å². The molecule has 0 spiro atoms. The van der Waals surface area contributed by atoms with E-state index in [0.717, 1.165) is 12.8 Å². The molecule has 5 heteroatoms. The van der Waals surface area contributed by atoms with Gasteiger partial charge in [0, 0.05) is 0 Å². The molecule has 2 rings (SSSR count). The van der Waals surface area contributed by atoms with Crippen molar-refractivity contribution in [2.45, 2.75) is 19.8 Å². The van der Waals surface area contributed by atoms with E-state index in [0.29, 0.717) is 32.7 Å². The van der Waals surface area contributed by atoms with Crippen molar-refractivity contribution in [2.24, 2.45) is 11.8 Å². The van der Waals surface area contributed by atoms with E-state index < -0.39 is 0 Å². The highest BCUT2D eigenvalue weighted by atomic mass is 35.5. The summed E-state index contributed by atoms with van der Waals surface area (Å²) in [5.41, 5.74) is 0.466. The third-order valence-electron chi connectivity index (χ3n) is 3.44. The van der Waals surface area contributed by atoms with Gasteiger partial charge in [-0.25, -0.2) is 0 Å². The number of halogens is 2. The first kappa shape index (κ1) is 15.0. The van der Waals surface area contributed by atoms with Crippen molar-refractivity contribution in [3.05, 3.63) is 32.5 Å². The second-order valence-electron chi connectivity index (χ2n) is 4.86. The molecule has 0 bridgehead atoms.